The molecule has 0 spiro atoms. The molecule has 8 nitrogen and oxygen atoms in total. The van der Waals surface area contributed by atoms with E-state index in [0.29, 0.717) is 43.2 Å². The van der Waals surface area contributed by atoms with E-state index in [1.807, 2.05) is 13.0 Å². The van der Waals surface area contributed by atoms with Crippen molar-refractivity contribution in [3.8, 4) is 5.75 Å². The third kappa shape index (κ3) is 4.77. The lowest BCUT2D eigenvalue weighted by molar-refractivity contribution is -0.140. The number of likely N-dealkylation sites (tertiary alicyclic amines) is 1. The van der Waals surface area contributed by atoms with E-state index < -0.39 is 17.7 Å². The van der Waals surface area contributed by atoms with E-state index in [0.717, 1.165) is 25.2 Å². The van der Waals surface area contributed by atoms with Gasteiger partial charge in [0.05, 0.1) is 31.6 Å². The lowest BCUT2D eigenvalue weighted by atomic mass is 9.97. The van der Waals surface area contributed by atoms with Crippen LogP contribution in [0, 0.1) is 6.92 Å². The number of aryl methyl sites for hydroxylation is 1. The topological polar surface area (TPSA) is 92.2 Å². The number of rotatable bonds is 7. The highest BCUT2D eigenvalue weighted by atomic mass is 16.5. The largest absolute Gasteiger partial charge is 0.507 e. The van der Waals surface area contributed by atoms with Crippen molar-refractivity contribution in [1.29, 1.82) is 0 Å². The molecule has 2 fully saturated rings. The number of aliphatic hydroxyl groups excluding tert-OH is 1. The van der Waals surface area contributed by atoms with Crippen molar-refractivity contribution in [1.82, 2.24) is 14.8 Å². The summed E-state index contributed by atoms with van der Waals surface area (Å²) in [4.78, 5) is 34.4. The third-order valence-electron chi connectivity index (χ3n) is 6.15. The van der Waals surface area contributed by atoms with Crippen LogP contribution in [-0.2, 0) is 14.3 Å². The number of ether oxygens (including phenoxy) is 2. The van der Waals surface area contributed by atoms with Gasteiger partial charge < -0.3 is 19.5 Å². The minimum Gasteiger partial charge on any atom is -0.507 e. The van der Waals surface area contributed by atoms with Gasteiger partial charge in [0.25, 0.3) is 11.7 Å². The highest BCUT2D eigenvalue weighted by Gasteiger charge is 2.46. The van der Waals surface area contributed by atoms with Gasteiger partial charge >= 0.3 is 0 Å². The van der Waals surface area contributed by atoms with Gasteiger partial charge in [-0.15, -0.1) is 0 Å². The van der Waals surface area contributed by atoms with Crippen molar-refractivity contribution in [2.24, 2.45) is 0 Å². The average Bonchev–Trinajstić information content (AvgIpc) is 3.10. The second-order valence-corrected chi connectivity index (χ2v) is 8.24. The first-order valence-corrected chi connectivity index (χ1v) is 11.2. The van der Waals surface area contributed by atoms with Crippen LogP contribution in [0.5, 0.6) is 5.75 Å². The molecule has 0 aliphatic carbocycles. The molecule has 2 aromatic rings. The monoisotopic (exact) mass is 451 g/mol. The predicted molar refractivity (Wildman–Crippen MR) is 123 cm³/mol. The Balaban J connectivity index is 1.66. The van der Waals surface area contributed by atoms with Crippen LogP contribution in [0.25, 0.3) is 5.76 Å². The molecule has 2 saturated heterocycles. The number of methoxy groups -OCH3 is 1. The van der Waals surface area contributed by atoms with E-state index >= 15 is 0 Å². The van der Waals surface area contributed by atoms with Crippen LogP contribution in [0.4, 0.5) is 0 Å². The van der Waals surface area contributed by atoms with Crippen molar-refractivity contribution in [2.45, 2.75) is 19.4 Å². The number of amides is 1. The number of ketones is 1. The number of Topliss-reactive ketones (excluding diaryl/α,β-unsaturated/α-hetero) is 1. The maximum Gasteiger partial charge on any atom is 0.295 e. The lowest BCUT2D eigenvalue weighted by Gasteiger charge is -2.28. The van der Waals surface area contributed by atoms with Crippen LogP contribution in [0.15, 0.2) is 48.2 Å². The first kappa shape index (κ1) is 22.9. The molecule has 8 heteroatoms. The average molecular weight is 452 g/mol. The molecule has 2 aliphatic rings. The number of carbonyl (C=O) groups is 2. The molecule has 1 atom stereocenters. The molecule has 1 aromatic heterocycles. The Morgan fingerprint density at radius 1 is 1.18 bits per heavy atom. The van der Waals surface area contributed by atoms with Crippen molar-refractivity contribution < 1.29 is 24.2 Å². The summed E-state index contributed by atoms with van der Waals surface area (Å²) in [6.45, 7) is 6.19. The highest BCUT2D eigenvalue weighted by Crippen LogP contribution is 2.39. The van der Waals surface area contributed by atoms with Gasteiger partial charge in [-0.25, -0.2) is 0 Å². The Hall–Kier alpha value is -3.23. The van der Waals surface area contributed by atoms with Crippen LogP contribution >= 0.6 is 0 Å². The smallest absolute Gasteiger partial charge is 0.295 e. The molecular formula is C25H29N3O5. The quantitative estimate of drug-likeness (QED) is 0.393. The standard InChI is InChI=1S/C25H29N3O5/c1-17-16-18(7-8-20(17)32-2)23(29)21-22(19-6-3-4-9-26-19)28(25(31)24(21)30)11-5-10-27-12-14-33-15-13-27/h3-4,6-9,16,22,29H,5,10-15H2,1-2H3/t22-/m1/s1. The van der Waals surface area contributed by atoms with E-state index in [9.17, 15) is 14.7 Å². The maximum atomic E-state index is 13.1. The normalized spacial score (nSPS) is 20.9. The van der Waals surface area contributed by atoms with Crippen LogP contribution < -0.4 is 4.74 Å². The number of hydrogen-bond acceptors (Lipinski definition) is 7. The highest BCUT2D eigenvalue weighted by molar-refractivity contribution is 6.46. The molecule has 3 heterocycles. The van der Waals surface area contributed by atoms with Gasteiger partial charge in [-0.05, 0) is 49.2 Å². The number of nitrogens with zero attached hydrogens (tertiary/aromatic N) is 3. The molecule has 174 valence electrons. The van der Waals surface area contributed by atoms with Crippen molar-refractivity contribution in [3.63, 3.8) is 0 Å². The van der Waals surface area contributed by atoms with Gasteiger partial charge in [0.1, 0.15) is 17.6 Å². The lowest BCUT2D eigenvalue weighted by Crippen LogP contribution is -2.39. The Bertz CT molecular complexity index is 1050. The summed E-state index contributed by atoms with van der Waals surface area (Å²) in [7, 11) is 1.57. The molecule has 4 rings (SSSR count). The Kier molecular flexibility index (Phi) is 7.05. The molecule has 1 aromatic carbocycles. The van der Waals surface area contributed by atoms with E-state index in [1.165, 1.54) is 4.90 Å². The van der Waals surface area contributed by atoms with E-state index in [2.05, 4.69) is 9.88 Å². The van der Waals surface area contributed by atoms with E-state index in [1.54, 1.807) is 43.6 Å². The Morgan fingerprint density at radius 2 is 1.97 bits per heavy atom. The molecule has 33 heavy (non-hydrogen) atoms. The van der Waals surface area contributed by atoms with E-state index in [4.69, 9.17) is 9.47 Å². The van der Waals surface area contributed by atoms with E-state index in [-0.39, 0.29) is 11.3 Å². The summed E-state index contributed by atoms with van der Waals surface area (Å²) < 4.78 is 10.7. The number of benzene rings is 1. The molecule has 1 N–H and O–H groups in total. The molecule has 0 radical (unpaired) electrons. The second-order valence-electron chi connectivity index (χ2n) is 8.24. The Labute approximate surface area is 193 Å². The fourth-order valence-electron chi connectivity index (χ4n) is 4.43. The Morgan fingerprint density at radius 3 is 2.64 bits per heavy atom. The number of pyridine rings is 1. The van der Waals surface area contributed by atoms with Gasteiger partial charge in [0.2, 0.25) is 0 Å². The first-order chi connectivity index (χ1) is 16.0. The zero-order valence-corrected chi connectivity index (χ0v) is 19.0. The number of carbonyl (C=O) groups excluding carboxylic acids is 2. The number of aliphatic hydroxyl groups is 1. The predicted octanol–water partition coefficient (Wildman–Crippen LogP) is 2.54. The molecule has 0 unspecified atom stereocenters. The van der Waals surface area contributed by atoms with Gasteiger partial charge in [0.15, 0.2) is 0 Å². The van der Waals surface area contributed by atoms with Crippen molar-refractivity contribution in [3.05, 3.63) is 65.0 Å². The molecular weight excluding hydrogens is 422 g/mol. The fourth-order valence-corrected chi connectivity index (χ4v) is 4.43. The fraction of sp³-hybridized carbons (Fsp3) is 0.400. The number of morpholine rings is 1. The second kappa shape index (κ2) is 10.1. The van der Waals surface area contributed by atoms with Gasteiger partial charge in [-0.1, -0.05) is 6.07 Å². The SMILES string of the molecule is COc1ccc(C(O)=C2C(=O)C(=O)N(CCCN3CCOCC3)[C@@H]2c2ccccn2)cc1C. The molecule has 2 aliphatic heterocycles. The molecule has 1 amide bonds. The van der Waals surface area contributed by atoms with Crippen LogP contribution in [0.1, 0.15) is 29.3 Å². The number of hydrogen-bond donors (Lipinski definition) is 1. The zero-order chi connectivity index (χ0) is 23.4. The minimum absolute atomic E-state index is 0.0645. The summed E-state index contributed by atoms with van der Waals surface area (Å²) in [6.07, 6.45) is 2.33. The minimum atomic E-state index is -0.738. The van der Waals surface area contributed by atoms with Crippen LogP contribution in [-0.4, -0.2) is 78.1 Å². The summed E-state index contributed by atoms with van der Waals surface area (Å²) in [5.41, 5.74) is 1.89. The summed E-state index contributed by atoms with van der Waals surface area (Å²) >= 11 is 0. The first-order valence-electron chi connectivity index (χ1n) is 11.2. The maximum absolute atomic E-state index is 13.1. The van der Waals surface area contributed by atoms with Crippen molar-refractivity contribution >= 4 is 17.4 Å². The summed E-state index contributed by atoms with van der Waals surface area (Å²) in [5, 5.41) is 11.2. The molecule has 0 saturated carbocycles. The summed E-state index contributed by atoms with van der Waals surface area (Å²) in [6, 6.07) is 9.79. The van der Waals surface area contributed by atoms with Crippen molar-refractivity contribution in [2.75, 3.05) is 46.5 Å². The number of aromatic nitrogens is 1. The van der Waals surface area contributed by atoms with Crippen LogP contribution in [0.3, 0.4) is 0 Å². The molecule has 0 bridgehead atoms. The van der Waals surface area contributed by atoms with Gasteiger partial charge in [-0.3, -0.25) is 19.5 Å². The van der Waals surface area contributed by atoms with Gasteiger partial charge in [-0.2, -0.15) is 0 Å². The van der Waals surface area contributed by atoms with Crippen LogP contribution in [0.2, 0.25) is 0 Å². The van der Waals surface area contributed by atoms with Gasteiger partial charge in [0, 0.05) is 37.9 Å². The zero-order valence-electron chi connectivity index (χ0n) is 19.0. The summed E-state index contributed by atoms with van der Waals surface area (Å²) in [5.74, 6) is -0.829. The third-order valence-corrected chi connectivity index (χ3v) is 6.15.